The van der Waals surface area contributed by atoms with Crippen LogP contribution in [0.4, 0.5) is 0 Å². The quantitative estimate of drug-likeness (QED) is 0.578. The Balaban J connectivity index is 2.07. The van der Waals surface area contributed by atoms with Crippen molar-refractivity contribution in [2.24, 2.45) is 5.92 Å². The zero-order valence-corrected chi connectivity index (χ0v) is 15.5. The largest absolute Gasteiger partial charge is 0.479 e. The van der Waals surface area contributed by atoms with Crippen LogP contribution < -0.4 is 0 Å². The van der Waals surface area contributed by atoms with E-state index in [1.807, 2.05) is 0 Å². The van der Waals surface area contributed by atoms with Crippen molar-refractivity contribution >= 4 is 17.7 Å². The summed E-state index contributed by atoms with van der Waals surface area (Å²) >= 11 is 0. The van der Waals surface area contributed by atoms with Gasteiger partial charge in [0.1, 0.15) is 24.1 Å². The summed E-state index contributed by atoms with van der Waals surface area (Å²) in [6.07, 6.45) is -0.502. The summed E-state index contributed by atoms with van der Waals surface area (Å²) in [4.78, 5) is 37.0. The number of aliphatic hydroxyl groups is 1. The molecular weight excluding hydrogens is 352 g/mol. The Morgan fingerprint density at radius 2 is 2.04 bits per heavy atom. The predicted molar refractivity (Wildman–Crippen MR) is 94.2 cm³/mol. The Labute approximate surface area is 157 Å². The molecule has 27 heavy (non-hydrogen) atoms. The number of carbonyl (C=O) groups is 3. The number of carbonyl (C=O) groups excluding carboxylic acids is 3. The molecule has 3 rings (SSSR count). The zero-order valence-electron chi connectivity index (χ0n) is 15.5. The minimum Gasteiger partial charge on any atom is -0.479 e. The van der Waals surface area contributed by atoms with Gasteiger partial charge in [-0.15, -0.1) is 0 Å². The van der Waals surface area contributed by atoms with Crippen LogP contribution in [0.1, 0.15) is 27.2 Å². The molecule has 0 aromatic carbocycles. The van der Waals surface area contributed by atoms with E-state index >= 15 is 0 Å². The molecule has 0 aromatic heterocycles. The van der Waals surface area contributed by atoms with Gasteiger partial charge in [0.2, 0.25) is 5.78 Å². The lowest BCUT2D eigenvalue weighted by Crippen LogP contribution is -2.45. The molecule has 2 saturated heterocycles. The van der Waals surface area contributed by atoms with Crippen molar-refractivity contribution in [1.29, 1.82) is 0 Å². The maximum atomic E-state index is 12.5. The first-order chi connectivity index (χ1) is 12.6. The van der Waals surface area contributed by atoms with Crippen LogP contribution in [0.5, 0.6) is 0 Å². The minimum atomic E-state index is -1.33. The lowest BCUT2D eigenvalue weighted by Gasteiger charge is -2.32. The Bertz CT molecular complexity index is 818. The van der Waals surface area contributed by atoms with Crippen LogP contribution in [0.3, 0.4) is 0 Å². The maximum absolute atomic E-state index is 12.5. The SMILES string of the molecule is C=C1C(=O)O[C@H]2[C@H]1[C@@H](OC(=O)/C(C)=C\C)C[C@@]1(C)OC(=CC1=O)C(=C)[C@@H]2O. The number of ketones is 1. The van der Waals surface area contributed by atoms with E-state index in [4.69, 9.17) is 14.2 Å². The Morgan fingerprint density at radius 1 is 1.37 bits per heavy atom. The van der Waals surface area contributed by atoms with Gasteiger partial charge in [-0.1, -0.05) is 19.2 Å². The number of ether oxygens (including phenoxy) is 3. The van der Waals surface area contributed by atoms with Gasteiger partial charge in [-0.2, -0.15) is 0 Å². The molecule has 7 heteroatoms. The molecule has 1 N–H and O–H groups in total. The molecule has 0 saturated carbocycles. The summed E-state index contributed by atoms with van der Waals surface area (Å²) in [5.74, 6) is -2.29. The number of allylic oxidation sites excluding steroid dienone is 1. The van der Waals surface area contributed by atoms with E-state index in [1.165, 1.54) is 6.08 Å². The molecule has 5 atom stereocenters. The van der Waals surface area contributed by atoms with Crippen LogP contribution in [0.15, 0.2) is 47.8 Å². The maximum Gasteiger partial charge on any atom is 0.334 e. The van der Waals surface area contributed by atoms with Gasteiger partial charge in [0.15, 0.2) is 5.60 Å². The smallest absolute Gasteiger partial charge is 0.334 e. The van der Waals surface area contributed by atoms with E-state index in [-0.39, 0.29) is 29.1 Å². The summed E-state index contributed by atoms with van der Waals surface area (Å²) in [7, 11) is 0. The Morgan fingerprint density at radius 3 is 2.67 bits per heavy atom. The van der Waals surface area contributed by atoms with Crippen molar-refractivity contribution in [3.8, 4) is 0 Å². The summed E-state index contributed by atoms with van der Waals surface area (Å²) in [6.45, 7) is 12.4. The molecular formula is C20H22O7. The van der Waals surface area contributed by atoms with Crippen molar-refractivity contribution in [3.63, 3.8) is 0 Å². The van der Waals surface area contributed by atoms with E-state index in [1.54, 1.807) is 26.8 Å². The van der Waals surface area contributed by atoms with Gasteiger partial charge in [0.25, 0.3) is 0 Å². The molecule has 2 bridgehead atoms. The highest BCUT2D eigenvalue weighted by molar-refractivity contribution is 6.00. The Kier molecular flexibility index (Phi) is 4.59. The van der Waals surface area contributed by atoms with Crippen LogP contribution in [0.2, 0.25) is 0 Å². The fourth-order valence-corrected chi connectivity index (χ4v) is 3.52. The van der Waals surface area contributed by atoms with Crippen molar-refractivity contribution in [2.75, 3.05) is 0 Å². The first kappa shape index (κ1) is 19.1. The van der Waals surface area contributed by atoms with Crippen molar-refractivity contribution in [2.45, 2.75) is 51.1 Å². The first-order valence-electron chi connectivity index (χ1n) is 8.65. The monoisotopic (exact) mass is 374 g/mol. The van der Waals surface area contributed by atoms with Gasteiger partial charge < -0.3 is 19.3 Å². The van der Waals surface area contributed by atoms with E-state index in [0.717, 1.165) is 0 Å². The average molecular weight is 374 g/mol. The number of aliphatic hydroxyl groups excluding tert-OH is 1. The summed E-state index contributed by atoms with van der Waals surface area (Å²) < 4.78 is 16.7. The second-order valence-electron chi connectivity index (χ2n) is 7.22. The van der Waals surface area contributed by atoms with Gasteiger partial charge in [-0.25, -0.2) is 9.59 Å². The number of hydrogen-bond donors (Lipinski definition) is 1. The third-order valence-electron chi connectivity index (χ3n) is 5.37. The van der Waals surface area contributed by atoms with Crippen LogP contribution >= 0.6 is 0 Å². The van der Waals surface area contributed by atoms with Gasteiger partial charge in [-0.05, 0) is 20.8 Å². The highest BCUT2D eigenvalue weighted by Crippen LogP contribution is 2.44. The number of rotatable bonds is 2. The van der Waals surface area contributed by atoms with E-state index in [0.29, 0.717) is 5.57 Å². The third kappa shape index (κ3) is 3.02. The molecule has 3 aliphatic rings. The zero-order chi connectivity index (χ0) is 20.1. The fourth-order valence-electron chi connectivity index (χ4n) is 3.52. The van der Waals surface area contributed by atoms with Crippen LogP contribution in [-0.2, 0) is 28.6 Å². The number of hydrogen-bond acceptors (Lipinski definition) is 7. The van der Waals surface area contributed by atoms with Crippen LogP contribution in [0.25, 0.3) is 0 Å². The lowest BCUT2D eigenvalue weighted by molar-refractivity contribution is -0.155. The van der Waals surface area contributed by atoms with E-state index in [2.05, 4.69) is 13.2 Å². The van der Waals surface area contributed by atoms with Gasteiger partial charge >= 0.3 is 11.9 Å². The minimum absolute atomic E-state index is 0.0224. The first-order valence-corrected chi connectivity index (χ1v) is 8.65. The molecule has 0 spiro atoms. The predicted octanol–water partition coefficient (Wildman–Crippen LogP) is 1.52. The molecule has 0 radical (unpaired) electrons. The van der Waals surface area contributed by atoms with Gasteiger partial charge in [-0.3, -0.25) is 4.79 Å². The highest BCUT2D eigenvalue weighted by atomic mass is 16.6. The molecule has 3 aliphatic heterocycles. The molecule has 3 heterocycles. The topological polar surface area (TPSA) is 99.1 Å². The second-order valence-corrected chi connectivity index (χ2v) is 7.22. The van der Waals surface area contributed by atoms with Gasteiger partial charge in [0, 0.05) is 29.2 Å². The summed E-state index contributed by atoms with van der Waals surface area (Å²) in [5.41, 5.74) is -0.741. The Hall–Kier alpha value is -2.67. The average Bonchev–Trinajstić information content (AvgIpc) is 3.08. The summed E-state index contributed by atoms with van der Waals surface area (Å²) in [5, 5.41) is 10.7. The molecule has 144 valence electrons. The molecule has 0 unspecified atom stereocenters. The molecule has 2 fully saturated rings. The number of esters is 2. The van der Waals surface area contributed by atoms with Crippen molar-refractivity contribution in [3.05, 3.63) is 47.8 Å². The van der Waals surface area contributed by atoms with Crippen LogP contribution in [-0.4, -0.2) is 46.7 Å². The lowest BCUT2D eigenvalue weighted by atomic mass is 9.80. The summed E-state index contributed by atoms with van der Waals surface area (Å²) in [6, 6.07) is 0. The van der Waals surface area contributed by atoms with Gasteiger partial charge in [0.05, 0.1) is 5.92 Å². The second kappa shape index (κ2) is 6.49. The standard InChI is InChI=1S/C20H22O7/c1-6-9(2)18(23)25-13-8-20(5)14(21)7-12(27-20)10(3)16(22)17-15(13)11(4)19(24)26-17/h6-7,13,15-17,22H,3-4,8H2,1-2,5H3/b9-6-/t13-,15+,16-,17-,20+/m0/s1. The number of fused-ring (bicyclic) bond motifs is 3. The molecule has 0 aliphatic carbocycles. The fraction of sp³-hybridized carbons (Fsp3) is 0.450. The highest BCUT2D eigenvalue weighted by Gasteiger charge is 2.55. The van der Waals surface area contributed by atoms with E-state index < -0.39 is 41.8 Å². The molecule has 0 amide bonds. The third-order valence-corrected chi connectivity index (χ3v) is 5.37. The molecule has 7 nitrogen and oxygen atoms in total. The van der Waals surface area contributed by atoms with Crippen molar-refractivity contribution < 1.29 is 33.7 Å². The van der Waals surface area contributed by atoms with E-state index in [9.17, 15) is 19.5 Å². The normalized spacial score (nSPS) is 36.1. The van der Waals surface area contributed by atoms with Crippen LogP contribution in [0, 0.1) is 5.92 Å². The van der Waals surface area contributed by atoms with Crippen molar-refractivity contribution in [1.82, 2.24) is 0 Å². The molecule has 0 aromatic rings.